The number of aliphatic hydroxyl groups excluding tert-OH is 1. The van der Waals surface area contributed by atoms with Crippen molar-refractivity contribution in [2.24, 2.45) is 0 Å². The Hall–Kier alpha value is -3.88. The van der Waals surface area contributed by atoms with Crippen LogP contribution in [0.5, 0.6) is 0 Å². The zero-order valence-corrected chi connectivity index (χ0v) is 21.0. The van der Waals surface area contributed by atoms with Gasteiger partial charge in [-0.25, -0.2) is 5.10 Å². The summed E-state index contributed by atoms with van der Waals surface area (Å²) < 4.78 is 0. The van der Waals surface area contributed by atoms with Crippen LogP contribution < -0.4 is 5.56 Å². The number of nitrogens with one attached hydrogen (secondary N) is 1. The van der Waals surface area contributed by atoms with E-state index in [-0.39, 0.29) is 18.1 Å². The number of rotatable bonds is 7. The Labute approximate surface area is 215 Å². The van der Waals surface area contributed by atoms with Crippen molar-refractivity contribution in [2.75, 3.05) is 32.8 Å². The van der Waals surface area contributed by atoms with E-state index in [1.807, 2.05) is 54.4 Å². The van der Waals surface area contributed by atoms with Crippen molar-refractivity contribution in [1.82, 2.24) is 25.0 Å². The van der Waals surface area contributed by atoms with Crippen molar-refractivity contribution in [2.45, 2.75) is 26.3 Å². The van der Waals surface area contributed by atoms with E-state index in [4.69, 9.17) is 0 Å². The third-order valence-electron chi connectivity index (χ3n) is 7.12. The van der Waals surface area contributed by atoms with Crippen molar-refractivity contribution in [3.05, 3.63) is 105 Å². The molecule has 0 saturated carbocycles. The van der Waals surface area contributed by atoms with Crippen LogP contribution in [0.15, 0.2) is 65.7 Å². The number of amides is 1. The van der Waals surface area contributed by atoms with Crippen molar-refractivity contribution in [1.29, 1.82) is 0 Å². The molecule has 0 unspecified atom stereocenters. The Morgan fingerprint density at radius 3 is 2.54 bits per heavy atom. The lowest BCUT2D eigenvalue weighted by Crippen LogP contribution is -2.48. The maximum absolute atomic E-state index is 13.7. The smallest absolute Gasteiger partial charge is 0.272 e. The molecule has 0 radical (unpaired) electrons. The fourth-order valence-corrected chi connectivity index (χ4v) is 5.07. The Kier molecular flexibility index (Phi) is 7.39. The van der Waals surface area contributed by atoms with E-state index in [1.54, 1.807) is 12.3 Å². The summed E-state index contributed by atoms with van der Waals surface area (Å²) in [5.41, 5.74) is 5.14. The SMILES string of the molecule is Cc1c(CCO)cc(Cc2n[nH]c(=O)c3ccccc23)cc1C(=O)N1CCN(Cc2cccnc2)CC1. The van der Waals surface area contributed by atoms with Gasteiger partial charge in [0.25, 0.3) is 11.5 Å². The lowest BCUT2D eigenvalue weighted by Gasteiger charge is -2.35. The minimum absolute atomic E-state index is 0.00474. The van der Waals surface area contributed by atoms with E-state index >= 15 is 0 Å². The van der Waals surface area contributed by atoms with Crippen molar-refractivity contribution >= 4 is 16.7 Å². The molecule has 3 heterocycles. The minimum atomic E-state index is -0.220. The van der Waals surface area contributed by atoms with Gasteiger partial charge in [0.15, 0.2) is 0 Å². The Bertz CT molecular complexity index is 1460. The number of nitrogens with zero attached hydrogens (tertiary/aromatic N) is 4. The van der Waals surface area contributed by atoms with Crippen LogP contribution in [0.2, 0.25) is 0 Å². The number of carbonyl (C=O) groups excluding carboxylic acids is 1. The predicted octanol–water partition coefficient (Wildman–Crippen LogP) is 2.71. The number of aliphatic hydroxyl groups is 1. The van der Waals surface area contributed by atoms with Crippen molar-refractivity contribution < 1.29 is 9.90 Å². The summed E-state index contributed by atoms with van der Waals surface area (Å²) in [6.07, 6.45) is 4.60. The van der Waals surface area contributed by atoms with Gasteiger partial charge >= 0.3 is 0 Å². The standard InChI is InChI=1S/C29H31N5O3/c1-20-23(8-14-35)15-22(17-27-24-6-2-3-7-25(24)28(36)32-31-27)16-26(20)29(37)34-12-10-33(11-13-34)19-21-5-4-9-30-18-21/h2-7,9,15-16,18,35H,8,10-14,17,19H2,1H3,(H,32,36). The number of carbonyl (C=O) groups is 1. The van der Waals surface area contributed by atoms with Gasteiger partial charge in [-0.1, -0.05) is 30.3 Å². The molecule has 0 spiro atoms. The summed E-state index contributed by atoms with van der Waals surface area (Å²) in [6, 6.07) is 15.4. The zero-order valence-electron chi connectivity index (χ0n) is 21.0. The Morgan fingerprint density at radius 1 is 1.03 bits per heavy atom. The summed E-state index contributed by atoms with van der Waals surface area (Å²) in [5.74, 6) is 0.0128. The van der Waals surface area contributed by atoms with E-state index in [2.05, 4.69) is 26.1 Å². The van der Waals surface area contributed by atoms with Crippen LogP contribution in [0.25, 0.3) is 10.8 Å². The lowest BCUT2D eigenvalue weighted by atomic mass is 9.93. The molecule has 1 amide bonds. The molecule has 190 valence electrons. The van der Waals surface area contributed by atoms with Crippen molar-refractivity contribution in [3.8, 4) is 0 Å². The molecule has 1 fully saturated rings. The molecule has 1 saturated heterocycles. The van der Waals surface area contributed by atoms with Crippen LogP contribution in [0.4, 0.5) is 0 Å². The van der Waals surface area contributed by atoms with E-state index < -0.39 is 0 Å². The highest BCUT2D eigenvalue weighted by molar-refractivity contribution is 5.96. The van der Waals surface area contributed by atoms with Gasteiger partial charge in [-0.05, 0) is 53.8 Å². The summed E-state index contributed by atoms with van der Waals surface area (Å²) in [6.45, 7) is 5.70. The van der Waals surface area contributed by atoms with Gasteiger partial charge in [-0.3, -0.25) is 19.5 Å². The monoisotopic (exact) mass is 497 g/mol. The van der Waals surface area contributed by atoms with Crippen LogP contribution >= 0.6 is 0 Å². The average molecular weight is 498 g/mol. The first-order valence-electron chi connectivity index (χ1n) is 12.6. The third kappa shape index (κ3) is 5.45. The number of hydrogen-bond acceptors (Lipinski definition) is 6. The van der Waals surface area contributed by atoms with Gasteiger partial charge in [-0.15, -0.1) is 0 Å². The molecule has 8 heteroatoms. The highest BCUT2D eigenvalue weighted by atomic mass is 16.3. The lowest BCUT2D eigenvalue weighted by molar-refractivity contribution is 0.0627. The summed E-state index contributed by atoms with van der Waals surface area (Å²) in [7, 11) is 0. The van der Waals surface area contributed by atoms with Crippen LogP contribution in [0.1, 0.15) is 38.3 Å². The Morgan fingerprint density at radius 2 is 1.81 bits per heavy atom. The molecule has 37 heavy (non-hydrogen) atoms. The predicted molar refractivity (Wildman–Crippen MR) is 143 cm³/mol. The second-order valence-electron chi connectivity index (χ2n) is 9.55. The highest BCUT2D eigenvalue weighted by Gasteiger charge is 2.25. The number of aromatic nitrogens is 3. The van der Waals surface area contributed by atoms with Gasteiger partial charge in [0.2, 0.25) is 0 Å². The number of aromatic amines is 1. The maximum atomic E-state index is 13.7. The molecule has 2 aromatic heterocycles. The zero-order chi connectivity index (χ0) is 25.8. The largest absolute Gasteiger partial charge is 0.396 e. The van der Waals surface area contributed by atoms with Crippen LogP contribution in [0.3, 0.4) is 0 Å². The molecule has 2 aromatic carbocycles. The van der Waals surface area contributed by atoms with Crippen LogP contribution in [-0.2, 0) is 19.4 Å². The first-order valence-corrected chi connectivity index (χ1v) is 12.6. The fraction of sp³-hybridized carbons (Fsp3) is 0.310. The second kappa shape index (κ2) is 11.0. The molecule has 0 atom stereocenters. The van der Waals surface area contributed by atoms with Crippen LogP contribution in [-0.4, -0.2) is 68.8 Å². The van der Waals surface area contributed by atoms with E-state index in [0.717, 1.165) is 47.4 Å². The average Bonchev–Trinajstić information content (AvgIpc) is 2.93. The quantitative estimate of drug-likeness (QED) is 0.407. The van der Waals surface area contributed by atoms with E-state index in [0.29, 0.717) is 36.9 Å². The first-order chi connectivity index (χ1) is 18.0. The molecule has 8 nitrogen and oxygen atoms in total. The van der Waals surface area contributed by atoms with Gasteiger partial charge in [0.1, 0.15) is 0 Å². The molecular formula is C29H31N5O3. The summed E-state index contributed by atoms with van der Waals surface area (Å²) in [5, 5.41) is 18.0. The normalized spacial score (nSPS) is 14.3. The fourth-order valence-electron chi connectivity index (χ4n) is 5.07. The highest BCUT2D eigenvalue weighted by Crippen LogP contribution is 2.24. The van der Waals surface area contributed by atoms with Crippen molar-refractivity contribution in [3.63, 3.8) is 0 Å². The molecule has 0 bridgehead atoms. The third-order valence-corrected chi connectivity index (χ3v) is 7.12. The van der Waals surface area contributed by atoms with E-state index in [1.165, 1.54) is 5.56 Å². The van der Waals surface area contributed by atoms with E-state index in [9.17, 15) is 14.7 Å². The Balaban J connectivity index is 1.38. The molecule has 1 aliphatic heterocycles. The molecular weight excluding hydrogens is 466 g/mol. The minimum Gasteiger partial charge on any atom is -0.396 e. The topological polar surface area (TPSA) is 102 Å². The number of piperazine rings is 1. The molecule has 2 N–H and O–H groups in total. The van der Waals surface area contributed by atoms with Gasteiger partial charge < -0.3 is 10.0 Å². The number of pyridine rings is 1. The van der Waals surface area contributed by atoms with Gasteiger partial charge in [0, 0.05) is 69.1 Å². The molecule has 4 aromatic rings. The van der Waals surface area contributed by atoms with Gasteiger partial charge in [-0.2, -0.15) is 5.10 Å². The summed E-state index contributed by atoms with van der Waals surface area (Å²) >= 11 is 0. The van der Waals surface area contributed by atoms with Crippen LogP contribution in [0, 0.1) is 6.92 Å². The summed E-state index contributed by atoms with van der Waals surface area (Å²) in [4.78, 5) is 34.3. The molecule has 0 aliphatic carbocycles. The second-order valence-corrected chi connectivity index (χ2v) is 9.55. The van der Waals surface area contributed by atoms with Gasteiger partial charge in [0.05, 0.1) is 11.1 Å². The first kappa shape index (κ1) is 24.8. The molecule has 5 rings (SSSR count). The molecule has 1 aliphatic rings. The number of H-pyrrole nitrogens is 1. The maximum Gasteiger partial charge on any atom is 0.272 e. The number of benzene rings is 2. The number of fused-ring (bicyclic) bond motifs is 1. The number of hydrogen-bond donors (Lipinski definition) is 2.